The summed E-state index contributed by atoms with van der Waals surface area (Å²) in [6.07, 6.45) is -1.82. The largest absolute Gasteiger partial charge is 0.417 e. The molecule has 0 saturated heterocycles. The molecular formula is C23H18ClF3N4O2. The van der Waals surface area contributed by atoms with Gasteiger partial charge in [0.1, 0.15) is 17.9 Å². The molecule has 10 heteroatoms. The van der Waals surface area contributed by atoms with Crippen molar-refractivity contribution in [3.63, 3.8) is 0 Å². The second-order valence-corrected chi connectivity index (χ2v) is 8.38. The first-order valence-corrected chi connectivity index (χ1v) is 10.6. The zero-order chi connectivity index (χ0) is 23.8. The Bertz CT molecular complexity index is 1180. The maximum absolute atomic E-state index is 13.2. The minimum absolute atomic E-state index is 0.0722. The number of nitrogens with one attached hydrogen (secondary N) is 1. The summed E-state index contributed by atoms with van der Waals surface area (Å²) < 4.78 is 39.3. The monoisotopic (exact) mass is 474 g/mol. The number of aliphatic imine (C=N–C) groups is 1. The summed E-state index contributed by atoms with van der Waals surface area (Å²) >= 11 is 5.63. The number of hydrogen-bond acceptors (Lipinski definition) is 4. The lowest BCUT2D eigenvalue weighted by Crippen LogP contribution is -2.48. The lowest BCUT2D eigenvalue weighted by Gasteiger charge is -2.32. The Hall–Kier alpha value is -3.38. The van der Waals surface area contributed by atoms with E-state index in [0.29, 0.717) is 24.0 Å². The van der Waals surface area contributed by atoms with Gasteiger partial charge < -0.3 is 10.2 Å². The van der Waals surface area contributed by atoms with Crippen LogP contribution < -0.4 is 5.32 Å². The number of anilines is 1. The second-order valence-electron chi connectivity index (χ2n) is 7.97. The van der Waals surface area contributed by atoms with Gasteiger partial charge in [0.25, 0.3) is 5.91 Å². The van der Waals surface area contributed by atoms with Crippen LogP contribution in [0, 0.1) is 11.3 Å². The minimum atomic E-state index is -4.67. The maximum Gasteiger partial charge on any atom is 0.417 e. The zero-order valence-corrected chi connectivity index (χ0v) is 18.0. The number of nitrogens with zero attached hydrogens (tertiary/aromatic N) is 3. The summed E-state index contributed by atoms with van der Waals surface area (Å²) in [4.78, 5) is 32.0. The van der Waals surface area contributed by atoms with E-state index < -0.39 is 34.2 Å². The second kappa shape index (κ2) is 8.52. The van der Waals surface area contributed by atoms with Gasteiger partial charge in [0.05, 0.1) is 22.2 Å². The summed E-state index contributed by atoms with van der Waals surface area (Å²) in [7, 11) is 0. The van der Waals surface area contributed by atoms with Crippen molar-refractivity contribution in [2.75, 3.05) is 11.9 Å². The normalized spacial score (nSPS) is 17.2. The summed E-state index contributed by atoms with van der Waals surface area (Å²) in [5, 5.41) is 10.9. The van der Waals surface area contributed by atoms with Crippen molar-refractivity contribution >= 4 is 34.8 Å². The number of hydrogen-bond donors (Lipinski definition) is 1. The van der Waals surface area contributed by atoms with Crippen LogP contribution in [0.25, 0.3) is 0 Å². The van der Waals surface area contributed by atoms with E-state index in [0.717, 1.165) is 25.0 Å². The molecule has 1 aliphatic carbocycles. The van der Waals surface area contributed by atoms with Gasteiger partial charge in [-0.15, -0.1) is 0 Å². The number of amides is 2. The average Bonchev–Trinajstić information content (AvgIpc) is 3.35. The van der Waals surface area contributed by atoms with Gasteiger partial charge in [-0.2, -0.15) is 18.4 Å². The molecule has 1 aliphatic heterocycles. The summed E-state index contributed by atoms with van der Waals surface area (Å²) in [6, 6.07) is 11.5. The maximum atomic E-state index is 13.2. The van der Waals surface area contributed by atoms with Crippen LogP contribution in [0.1, 0.15) is 42.4 Å². The number of rotatable bonds is 4. The molecule has 1 fully saturated rings. The molecule has 0 atom stereocenters. The molecule has 6 nitrogen and oxygen atoms in total. The third-order valence-electron chi connectivity index (χ3n) is 5.82. The summed E-state index contributed by atoms with van der Waals surface area (Å²) in [6.45, 7) is -0.355. The van der Waals surface area contributed by atoms with Crippen molar-refractivity contribution in [1.82, 2.24) is 4.90 Å². The Morgan fingerprint density at radius 3 is 2.45 bits per heavy atom. The van der Waals surface area contributed by atoms with E-state index in [-0.39, 0.29) is 17.9 Å². The molecular weight excluding hydrogens is 457 g/mol. The Kier molecular flexibility index (Phi) is 5.89. The van der Waals surface area contributed by atoms with Crippen molar-refractivity contribution in [3.8, 4) is 6.07 Å². The first-order chi connectivity index (χ1) is 15.6. The predicted octanol–water partition coefficient (Wildman–Crippen LogP) is 4.77. The molecule has 2 aromatic rings. The van der Waals surface area contributed by atoms with E-state index in [1.807, 2.05) is 6.07 Å². The van der Waals surface area contributed by atoms with Crippen molar-refractivity contribution in [2.45, 2.75) is 37.5 Å². The van der Waals surface area contributed by atoms with E-state index >= 15 is 0 Å². The number of carbonyl (C=O) groups excluding carboxylic acids is 2. The van der Waals surface area contributed by atoms with E-state index in [9.17, 15) is 22.8 Å². The first kappa shape index (κ1) is 22.8. The Labute approximate surface area is 192 Å². The quantitative estimate of drug-likeness (QED) is 0.692. The molecule has 1 N–H and O–H groups in total. The van der Waals surface area contributed by atoms with Crippen LogP contribution in [0.15, 0.2) is 47.5 Å². The van der Waals surface area contributed by atoms with Crippen LogP contribution >= 0.6 is 11.6 Å². The molecule has 2 amide bonds. The molecule has 2 aliphatic rings. The van der Waals surface area contributed by atoms with Crippen molar-refractivity contribution < 1.29 is 22.8 Å². The molecule has 1 saturated carbocycles. The average molecular weight is 475 g/mol. The van der Waals surface area contributed by atoms with Crippen LogP contribution in [0.2, 0.25) is 5.02 Å². The Balaban J connectivity index is 1.55. The van der Waals surface area contributed by atoms with Gasteiger partial charge in [0, 0.05) is 11.3 Å². The van der Waals surface area contributed by atoms with Crippen molar-refractivity contribution in [2.24, 2.45) is 4.99 Å². The van der Waals surface area contributed by atoms with Crippen molar-refractivity contribution in [3.05, 3.63) is 64.2 Å². The molecule has 2 aromatic carbocycles. The standard InChI is InChI=1S/C23H18ClF3N4O2/c24-18-8-7-16(11-17(18)23(25,26)27)29-19(32)13-31-21(33)20(30-22(31)9-1-2-10-22)15-5-3-14(12-28)4-6-15/h3-8,11H,1-2,9-10,13H2,(H,29,32). The SMILES string of the molecule is N#Cc1ccc(C2=NC3(CCCC3)N(CC(=O)Nc3ccc(Cl)c(C(F)(F)F)c3)C2=O)cc1. The van der Waals surface area contributed by atoms with E-state index in [1.54, 1.807) is 24.3 Å². The number of carbonyl (C=O) groups is 2. The topological polar surface area (TPSA) is 85.6 Å². The van der Waals surface area contributed by atoms with Gasteiger partial charge in [0.15, 0.2) is 0 Å². The predicted molar refractivity (Wildman–Crippen MR) is 116 cm³/mol. The molecule has 1 heterocycles. The van der Waals surface area contributed by atoms with Gasteiger partial charge >= 0.3 is 6.18 Å². The van der Waals surface area contributed by atoms with Crippen LogP contribution in [-0.4, -0.2) is 34.6 Å². The molecule has 4 rings (SSSR count). The number of halogens is 4. The van der Waals surface area contributed by atoms with Gasteiger partial charge in [-0.25, -0.2) is 0 Å². The van der Waals surface area contributed by atoms with E-state index in [4.69, 9.17) is 16.9 Å². The third kappa shape index (κ3) is 4.44. The molecule has 0 aromatic heterocycles. The molecule has 0 bridgehead atoms. The molecule has 0 unspecified atom stereocenters. The lowest BCUT2D eigenvalue weighted by molar-refractivity contribution is -0.137. The summed E-state index contributed by atoms with van der Waals surface area (Å²) in [5.41, 5.74) is -0.789. The number of benzene rings is 2. The zero-order valence-electron chi connectivity index (χ0n) is 17.2. The molecule has 0 radical (unpaired) electrons. The molecule has 170 valence electrons. The smallest absolute Gasteiger partial charge is 0.325 e. The van der Waals surface area contributed by atoms with Gasteiger partial charge in [-0.05, 0) is 56.0 Å². The van der Waals surface area contributed by atoms with Crippen LogP contribution in [0.4, 0.5) is 18.9 Å². The number of nitriles is 1. The molecule has 1 spiro atoms. The first-order valence-electron chi connectivity index (χ1n) is 10.2. The molecule has 33 heavy (non-hydrogen) atoms. The number of alkyl halides is 3. The fourth-order valence-corrected chi connectivity index (χ4v) is 4.45. The Morgan fingerprint density at radius 2 is 1.85 bits per heavy atom. The Morgan fingerprint density at radius 1 is 1.18 bits per heavy atom. The van der Waals surface area contributed by atoms with E-state index in [1.165, 1.54) is 11.0 Å². The highest BCUT2D eigenvalue weighted by Gasteiger charge is 2.49. The van der Waals surface area contributed by atoms with Gasteiger partial charge in [-0.1, -0.05) is 23.7 Å². The fourth-order valence-electron chi connectivity index (χ4n) is 4.23. The van der Waals surface area contributed by atoms with Gasteiger partial charge in [-0.3, -0.25) is 14.6 Å². The van der Waals surface area contributed by atoms with Crippen LogP contribution in [0.3, 0.4) is 0 Å². The van der Waals surface area contributed by atoms with Crippen LogP contribution in [-0.2, 0) is 15.8 Å². The lowest BCUT2D eigenvalue weighted by atomic mass is 10.1. The highest BCUT2D eigenvalue weighted by Crippen LogP contribution is 2.41. The highest BCUT2D eigenvalue weighted by atomic mass is 35.5. The van der Waals surface area contributed by atoms with Gasteiger partial charge in [0.2, 0.25) is 5.91 Å². The third-order valence-corrected chi connectivity index (χ3v) is 6.15. The minimum Gasteiger partial charge on any atom is -0.325 e. The fraction of sp³-hybridized carbons (Fsp3) is 0.304. The van der Waals surface area contributed by atoms with E-state index in [2.05, 4.69) is 10.3 Å². The van der Waals surface area contributed by atoms with Crippen molar-refractivity contribution in [1.29, 1.82) is 5.26 Å². The highest BCUT2D eigenvalue weighted by molar-refractivity contribution is 6.47. The van der Waals surface area contributed by atoms with Crippen LogP contribution in [0.5, 0.6) is 0 Å². The summed E-state index contributed by atoms with van der Waals surface area (Å²) in [5.74, 6) is -1.06.